The molecular formula is C18H17F3N4OS. The Labute approximate surface area is 157 Å². The van der Waals surface area contributed by atoms with Crippen molar-refractivity contribution in [3.63, 3.8) is 0 Å². The van der Waals surface area contributed by atoms with Crippen LogP contribution in [0.4, 0.5) is 18.3 Å². The van der Waals surface area contributed by atoms with Crippen LogP contribution in [-0.2, 0) is 0 Å². The quantitative estimate of drug-likeness (QED) is 0.687. The van der Waals surface area contributed by atoms with Crippen LogP contribution in [-0.4, -0.2) is 20.7 Å². The van der Waals surface area contributed by atoms with Crippen molar-refractivity contribution in [1.82, 2.24) is 14.8 Å². The van der Waals surface area contributed by atoms with Gasteiger partial charge in [0.2, 0.25) is 0 Å². The Morgan fingerprint density at radius 3 is 2.37 bits per heavy atom. The number of aromatic nitrogens is 3. The van der Waals surface area contributed by atoms with Crippen molar-refractivity contribution in [3.8, 4) is 11.3 Å². The molecule has 1 amide bonds. The fourth-order valence-electron chi connectivity index (χ4n) is 2.78. The van der Waals surface area contributed by atoms with Crippen molar-refractivity contribution in [2.24, 2.45) is 0 Å². The topological polar surface area (TPSA) is 59.8 Å². The number of thiazole rings is 1. The lowest BCUT2D eigenvalue weighted by molar-refractivity contribution is 0.102. The number of amides is 1. The van der Waals surface area contributed by atoms with E-state index < -0.39 is 28.9 Å². The first-order valence-electron chi connectivity index (χ1n) is 8.16. The van der Waals surface area contributed by atoms with Gasteiger partial charge in [-0.3, -0.25) is 14.8 Å². The zero-order valence-corrected chi connectivity index (χ0v) is 15.9. The number of hydrogen-bond acceptors (Lipinski definition) is 4. The molecule has 3 rings (SSSR count). The first-order valence-corrected chi connectivity index (χ1v) is 8.98. The minimum Gasteiger partial charge on any atom is -0.298 e. The maximum absolute atomic E-state index is 14.0. The van der Waals surface area contributed by atoms with E-state index in [1.54, 1.807) is 18.5 Å². The molecule has 142 valence electrons. The van der Waals surface area contributed by atoms with E-state index >= 15 is 0 Å². The van der Waals surface area contributed by atoms with Gasteiger partial charge in [-0.15, -0.1) is 11.3 Å². The highest BCUT2D eigenvalue weighted by atomic mass is 32.1. The predicted octanol–water partition coefficient (Wildman–Crippen LogP) is 4.87. The molecule has 2 heterocycles. The van der Waals surface area contributed by atoms with E-state index in [1.807, 2.05) is 13.8 Å². The summed E-state index contributed by atoms with van der Waals surface area (Å²) in [4.78, 5) is 17.1. The number of carbonyl (C=O) groups excluding carboxylic acids is 1. The van der Waals surface area contributed by atoms with Crippen LogP contribution in [0.25, 0.3) is 11.3 Å². The Balaban J connectivity index is 1.91. The molecule has 2 aromatic heterocycles. The molecule has 0 spiro atoms. The van der Waals surface area contributed by atoms with Crippen LogP contribution in [0.2, 0.25) is 0 Å². The fourth-order valence-corrected chi connectivity index (χ4v) is 3.60. The number of anilines is 1. The van der Waals surface area contributed by atoms with Gasteiger partial charge in [0, 0.05) is 28.7 Å². The minimum absolute atomic E-state index is 0.0277. The van der Waals surface area contributed by atoms with Gasteiger partial charge in [-0.1, -0.05) is 0 Å². The molecule has 0 aliphatic carbocycles. The molecule has 27 heavy (non-hydrogen) atoms. The Kier molecular flexibility index (Phi) is 5.05. The van der Waals surface area contributed by atoms with Crippen LogP contribution in [0.3, 0.4) is 0 Å². The highest BCUT2D eigenvalue weighted by Crippen LogP contribution is 2.34. The molecule has 1 N–H and O–H groups in total. The molecule has 0 saturated heterocycles. The summed E-state index contributed by atoms with van der Waals surface area (Å²) in [6.07, 6.45) is 1.46. The van der Waals surface area contributed by atoms with Crippen LogP contribution in [0.15, 0.2) is 18.3 Å². The third-order valence-corrected chi connectivity index (χ3v) is 4.93. The average Bonchev–Trinajstić information content (AvgIpc) is 3.09. The van der Waals surface area contributed by atoms with Crippen LogP contribution >= 0.6 is 11.3 Å². The second-order valence-corrected chi connectivity index (χ2v) is 7.51. The lowest BCUT2D eigenvalue weighted by Gasteiger charge is -2.08. The number of benzene rings is 1. The highest BCUT2D eigenvalue weighted by molar-refractivity contribution is 7.16. The van der Waals surface area contributed by atoms with Gasteiger partial charge in [0.25, 0.3) is 5.91 Å². The third kappa shape index (κ3) is 3.59. The summed E-state index contributed by atoms with van der Waals surface area (Å²) in [5.74, 6) is -3.52. The van der Waals surface area contributed by atoms with Gasteiger partial charge in [0.05, 0.1) is 23.0 Å². The van der Waals surface area contributed by atoms with Crippen molar-refractivity contribution in [1.29, 1.82) is 0 Å². The number of hydrogen-bond donors (Lipinski definition) is 1. The minimum atomic E-state index is -1.05. The van der Waals surface area contributed by atoms with Gasteiger partial charge in [0.1, 0.15) is 17.5 Å². The lowest BCUT2D eigenvalue weighted by atomic mass is 10.1. The SMILES string of the molecule is Cc1sc(NC(=O)c2cnn(C(C)C)c2C)nc1-c1c(F)cc(F)cc1F. The standard InChI is InChI=1S/C18H17F3N4OS/c1-8(2)25-9(3)12(7-22-25)17(26)24-18-23-16(10(4)27-18)15-13(20)5-11(19)6-14(15)21/h5-8H,1-4H3,(H,23,24,26). The molecular weight excluding hydrogens is 377 g/mol. The van der Waals surface area contributed by atoms with Gasteiger partial charge >= 0.3 is 0 Å². The van der Waals surface area contributed by atoms with Crippen molar-refractivity contribution < 1.29 is 18.0 Å². The molecule has 0 bridgehead atoms. The second kappa shape index (κ2) is 7.15. The van der Waals surface area contributed by atoms with E-state index in [-0.39, 0.29) is 16.9 Å². The summed E-state index contributed by atoms with van der Waals surface area (Å²) in [5, 5.41) is 7.00. The van der Waals surface area contributed by atoms with E-state index in [4.69, 9.17) is 0 Å². The molecule has 0 saturated carbocycles. The van der Waals surface area contributed by atoms with E-state index in [0.717, 1.165) is 11.3 Å². The number of carbonyl (C=O) groups is 1. The maximum Gasteiger partial charge on any atom is 0.260 e. The molecule has 3 aromatic rings. The van der Waals surface area contributed by atoms with Crippen LogP contribution in [0.5, 0.6) is 0 Å². The summed E-state index contributed by atoms with van der Waals surface area (Å²) in [5.41, 5.74) is 0.693. The van der Waals surface area contributed by atoms with Gasteiger partial charge in [0.15, 0.2) is 5.13 Å². The molecule has 0 unspecified atom stereocenters. The van der Waals surface area contributed by atoms with Crippen LogP contribution in [0.1, 0.15) is 40.8 Å². The first-order chi connectivity index (χ1) is 12.7. The van der Waals surface area contributed by atoms with E-state index in [1.165, 1.54) is 6.20 Å². The third-order valence-electron chi connectivity index (χ3n) is 4.04. The predicted molar refractivity (Wildman–Crippen MR) is 97.5 cm³/mol. The Morgan fingerprint density at radius 2 is 1.81 bits per heavy atom. The normalized spacial score (nSPS) is 11.3. The lowest BCUT2D eigenvalue weighted by Crippen LogP contribution is -2.13. The van der Waals surface area contributed by atoms with Gasteiger partial charge in [-0.05, 0) is 27.7 Å². The Morgan fingerprint density at radius 1 is 1.19 bits per heavy atom. The Bertz CT molecular complexity index is 1000. The highest BCUT2D eigenvalue weighted by Gasteiger charge is 2.21. The largest absolute Gasteiger partial charge is 0.298 e. The van der Waals surface area contributed by atoms with Crippen molar-refractivity contribution in [3.05, 3.63) is 51.9 Å². The molecule has 5 nitrogen and oxygen atoms in total. The van der Waals surface area contributed by atoms with Crippen molar-refractivity contribution in [2.75, 3.05) is 5.32 Å². The first kappa shape index (κ1) is 19.1. The summed E-state index contributed by atoms with van der Waals surface area (Å²) >= 11 is 1.08. The van der Waals surface area contributed by atoms with Crippen molar-refractivity contribution >= 4 is 22.4 Å². The molecule has 0 atom stereocenters. The van der Waals surface area contributed by atoms with E-state index in [2.05, 4.69) is 15.4 Å². The van der Waals surface area contributed by atoms with E-state index in [0.29, 0.717) is 28.3 Å². The molecule has 0 aliphatic heterocycles. The van der Waals surface area contributed by atoms with Crippen molar-refractivity contribution in [2.45, 2.75) is 33.7 Å². The molecule has 0 aliphatic rings. The summed E-state index contributed by atoms with van der Waals surface area (Å²) in [6, 6.07) is 1.29. The Hall–Kier alpha value is -2.68. The number of aryl methyl sites for hydroxylation is 1. The second-order valence-electron chi connectivity index (χ2n) is 6.30. The monoisotopic (exact) mass is 394 g/mol. The smallest absolute Gasteiger partial charge is 0.260 e. The molecule has 1 aromatic carbocycles. The number of rotatable bonds is 4. The van der Waals surface area contributed by atoms with Gasteiger partial charge in [-0.25, -0.2) is 18.2 Å². The molecule has 0 radical (unpaired) electrons. The van der Waals surface area contributed by atoms with Gasteiger partial charge < -0.3 is 0 Å². The summed E-state index contributed by atoms with van der Waals surface area (Å²) in [6.45, 7) is 7.30. The number of halogens is 3. The molecule has 0 fully saturated rings. The van der Waals surface area contributed by atoms with Crippen LogP contribution in [0, 0.1) is 31.3 Å². The fraction of sp³-hybridized carbons (Fsp3) is 0.278. The van der Waals surface area contributed by atoms with Gasteiger partial charge in [-0.2, -0.15) is 5.10 Å². The maximum atomic E-state index is 14.0. The average molecular weight is 394 g/mol. The zero-order valence-electron chi connectivity index (χ0n) is 15.1. The summed E-state index contributed by atoms with van der Waals surface area (Å²) in [7, 11) is 0. The van der Waals surface area contributed by atoms with E-state index in [9.17, 15) is 18.0 Å². The molecule has 9 heteroatoms. The number of nitrogens with one attached hydrogen (secondary N) is 1. The summed E-state index contributed by atoms with van der Waals surface area (Å²) < 4.78 is 42.9. The zero-order chi connectivity index (χ0) is 19.9. The number of nitrogens with zero attached hydrogens (tertiary/aromatic N) is 3. The van der Waals surface area contributed by atoms with Crippen LogP contribution < -0.4 is 5.32 Å².